The van der Waals surface area contributed by atoms with E-state index in [1.165, 1.54) is 231 Å². The first-order chi connectivity index (χ1) is 30.6. The van der Waals surface area contributed by atoms with E-state index in [1.54, 1.807) is 0 Å². The molecule has 5 nitrogen and oxygen atoms in total. The van der Waals surface area contributed by atoms with Gasteiger partial charge in [-0.05, 0) is 64.2 Å². The molecule has 0 aliphatic heterocycles. The summed E-state index contributed by atoms with van der Waals surface area (Å²) in [6.45, 7) is 7.84. The van der Waals surface area contributed by atoms with Crippen molar-refractivity contribution >= 4 is 11.9 Å². The molecule has 0 N–H and O–H groups in total. The van der Waals surface area contributed by atoms with Gasteiger partial charge < -0.3 is 14.2 Å². The fraction of sp³-hybridized carbons (Fsp3) is 0.895. The molecular formula is C57H108O5. The second-order valence-electron chi connectivity index (χ2n) is 18.8. The van der Waals surface area contributed by atoms with Gasteiger partial charge in [-0.15, -0.1) is 0 Å². The highest BCUT2D eigenvalue weighted by molar-refractivity contribution is 5.70. The van der Waals surface area contributed by atoms with Crippen molar-refractivity contribution in [2.24, 2.45) is 0 Å². The van der Waals surface area contributed by atoms with Gasteiger partial charge in [0.2, 0.25) is 0 Å². The van der Waals surface area contributed by atoms with Crippen molar-refractivity contribution in [3.05, 3.63) is 24.3 Å². The average molecular weight is 873 g/mol. The number of allylic oxidation sites excluding steroid dienone is 4. The Morgan fingerprint density at radius 1 is 0.339 bits per heavy atom. The third-order valence-electron chi connectivity index (χ3n) is 12.5. The van der Waals surface area contributed by atoms with Gasteiger partial charge in [-0.1, -0.05) is 251 Å². The summed E-state index contributed by atoms with van der Waals surface area (Å²) in [6, 6.07) is 0. The Morgan fingerprint density at radius 2 is 0.645 bits per heavy atom. The Balaban J connectivity index is 4.20. The number of esters is 2. The highest BCUT2D eigenvalue weighted by Gasteiger charge is 2.17. The van der Waals surface area contributed by atoms with Gasteiger partial charge in [0.15, 0.2) is 6.10 Å². The van der Waals surface area contributed by atoms with Crippen molar-refractivity contribution in [2.45, 2.75) is 309 Å². The molecule has 0 aliphatic carbocycles. The van der Waals surface area contributed by atoms with Crippen LogP contribution in [-0.4, -0.2) is 37.9 Å². The van der Waals surface area contributed by atoms with E-state index < -0.39 is 6.10 Å². The Kier molecular flexibility index (Phi) is 52.3. The van der Waals surface area contributed by atoms with Gasteiger partial charge in [0.1, 0.15) is 6.61 Å². The maximum Gasteiger partial charge on any atom is 0.306 e. The molecule has 0 aromatic heterocycles. The SMILES string of the molecule is CCCC/C=C\CCCCCCCCOCC(COC(=O)CCCCCCCCC/C=C\CCCCCCCC)OC(=O)CCCCCCCCCCCCCCCCCCC. The third kappa shape index (κ3) is 51.0. The summed E-state index contributed by atoms with van der Waals surface area (Å²) in [4.78, 5) is 25.5. The van der Waals surface area contributed by atoms with Crippen molar-refractivity contribution in [1.82, 2.24) is 0 Å². The second-order valence-corrected chi connectivity index (χ2v) is 18.8. The van der Waals surface area contributed by atoms with Crippen LogP contribution >= 0.6 is 0 Å². The molecule has 1 atom stereocenters. The van der Waals surface area contributed by atoms with E-state index >= 15 is 0 Å². The first-order valence-corrected chi connectivity index (χ1v) is 27.9. The number of carbonyl (C=O) groups is 2. The molecule has 0 radical (unpaired) electrons. The lowest BCUT2D eigenvalue weighted by atomic mass is 10.0. The van der Waals surface area contributed by atoms with Crippen LogP contribution in [-0.2, 0) is 23.8 Å². The monoisotopic (exact) mass is 873 g/mol. The number of hydrogen-bond acceptors (Lipinski definition) is 5. The zero-order valence-corrected chi connectivity index (χ0v) is 42.2. The Labute approximate surface area is 387 Å². The highest BCUT2D eigenvalue weighted by atomic mass is 16.6. The molecule has 5 heteroatoms. The van der Waals surface area contributed by atoms with E-state index in [2.05, 4.69) is 45.1 Å². The van der Waals surface area contributed by atoms with Crippen LogP contribution in [0, 0.1) is 0 Å². The number of carbonyl (C=O) groups excluding carboxylic acids is 2. The fourth-order valence-electron chi connectivity index (χ4n) is 8.25. The van der Waals surface area contributed by atoms with Gasteiger partial charge in [-0.2, -0.15) is 0 Å². The van der Waals surface area contributed by atoms with Gasteiger partial charge in [0.25, 0.3) is 0 Å². The van der Waals surface area contributed by atoms with E-state index in [1.807, 2.05) is 0 Å². The fourth-order valence-corrected chi connectivity index (χ4v) is 8.25. The zero-order chi connectivity index (χ0) is 44.9. The van der Waals surface area contributed by atoms with Crippen LogP contribution in [0.4, 0.5) is 0 Å². The van der Waals surface area contributed by atoms with Gasteiger partial charge in [-0.25, -0.2) is 0 Å². The molecule has 0 aromatic rings. The predicted molar refractivity (Wildman–Crippen MR) is 270 cm³/mol. The lowest BCUT2D eigenvalue weighted by Gasteiger charge is -2.18. The van der Waals surface area contributed by atoms with Crippen molar-refractivity contribution in [3.63, 3.8) is 0 Å². The number of ether oxygens (including phenoxy) is 3. The minimum absolute atomic E-state index is 0.0872. The lowest BCUT2D eigenvalue weighted by molar-refractivity contribution is -0.163. The first kappa shape index (κ1) is 60.4. The molecule has 0 fully saturated rings. The minimum Gasteiger partial charge on any atom is -0.462 e. The first-order valence-electron chi connectivity index (χ1n) is 27.9. The van der Waals surface area contributed by atoms with E-state index in [9.17, 15) is 9.59 Å². The minimum atomic E-state index is -0.534. The molecule has 0 amide bonds. The van der Waals surface area contributed by atoms with Crippen LogP contribution in [0.3, 0.4) is 0 Å². The van der Waals surface area contributed by atoms with Crippen molar-refractivity contribution < 1.29 is 23.8 Å². The molecular weight excluding hydrogens is 765 g/mol. The molecule has 0 saturated carbocycles. The van der Waals surface area contributed by atoms with Crippen LogP contribution in [0.2, 0.25) is 0 Å². The molecule has 0 bridgehead atoms. The number of unbranched alkanes of at least 4 members (excludes halogenated alkanes) is 37. The summed E-state index contributed by atoms with van der Waals surface area (Å²) in [7, 11) is 0. The third-order valence-corrected chi connectivity index (χ3v) is 12.5. The van der Waals surface area contributed by atoms with Crippen LogP contribution in [0.25, 0.3) is 0 Å². The number of hydrogen-bond donors (Lipinski definition) is 0. The standard InChI is InChI=1S/C57H108O5/c1-4-7-10-13-16-19-22-25-27-29-31-33-35-38-41-44-47-50-56(58)61-54-55(53-60-52-49-46-43-40-37-24-21-18-15-12-9-6-3)62-57(59)51-48-45-42-39-36-34-32-30-28-26-23-20-17-14-11-8-5-2/h15,18,25,27,55H,4-14,16-17,19-24,26,28-54H2,1-3H3/b18-15-,27-25-. The summed E-state index contributed by atoms with van der Waals surface area (Å²) in [5.41, 5.74) is 0. The Morgan fingerprint density at radius 3 is 1.03 bits per heavy atom. The van der Waals surface area contributed by atoms with Gasteiger partial charge in [0, 0.05) is 19.4 Å². The molecule has 1 unspecified atom stereocenters. The Bertz CT molecular complexity index is 943. The molecule has 0 heterocycles. The molecule has 0 aliphatic rings. The van der Waals surface area contributed by atoms with Crippen LogP contribution < -0.4 is 0 Å². The van der Waals surface area contributed by atoms with Crippen LogP contribution in [0.1, 0.15) is 303 Å². The van der Waals surface area contributed by atoms with Gasteiger partial charge in [-0.3, -0.25) is 9.59 Å². The molecule has 0 rings (SSSR count). The zero-order valence-electron chi connectivity index (χ0n) is 42.2. The molecule has 0 aromatic carbocycles. The lowest BCUT2D eigenvalue weighted by Crippen LogP contribution is -2.30. The Hall–Kier alpha value is -1.62. The molecule has 62 heavy (non-hydrogen) atoms. The second kappa shape index (κ2) is 53.7. The summed E-state index contributed by atoms with van der Waals surface area (Å²) in [5.74, 6) is -0.386. The summed E-state index contributed by atoms with van der Waals surface area (Å²) >= 11 is 0. The normalized spacial score (nSPS) is 12.2. The highest BCUT2D eigenvalue weighted by Crippen LogP contribution is 2.16. The smallest absolute Gasteiger partial charge is 0.306 e. The van der Waals surface area contributed by atoms with Crippen molar-refractivity contribution in [3.8, 4) is 0 Å². The van der Waals surface area contributed by atoms with E-state index in [4.69, 9.17) is 14.2 Å². The summed E-state index contributed by atoms with van der Waals surface area (Å²) in [5, 5.41) is 0. The molecule has 366 valence electrons. The predicted octanol–water partition coefficient (Wildman–Crippen LogP) is 18.8. The van der Waals surface area contributed by atoms with Crippen LogP contribution in [0.15, 0.2) is 24.3 Å². The van der Waals surface area contributed by atoms with Gasteiger partial charge in [0.05, 0.1) is 6.61 Å². The largest absolute Gasteiger partial charge is 0.462 e. The molecule has 0 spiro atoms. The van der Waals surface area contributed by atoms with Crippen LogP contribution in [0.5, 0.6) is 0 Å². The molecule has 0 saturated heterocycles. The van der Waals surface area contributed by atoms with Crippen molar-refractivity contribution in [1.29, 1.82) is 0 Å². The van der Waals surface area contributed by atoms with Gasteiger partial charge >= 0.3 is 11.9 Å². The summed E-state index contributed by atoms with van der Waals surface area (Å²) in [6.07, 6.45) is 63.3. The average Bonchev–Trinajstić information content (AvgIpc) is 3.27. The van der Waals surface area contributed by atoms with E-state index in [0.717, 1.165) is 38.5 Å². The maximum atomic E-state index is 12.8. The summed E-state index contributed by atoms with van der Waals surface area (Å²) < 4.78 is 17.4. The maximum absolute atomic E-state index is 12.8. The van der Waals surface area contributed by atoms with E-state index in [-0.39, 0.29) is 25.2 Å². The quantitative estimate of drug-likeness (QED) is 0.0346. The van der Waals surface area contributed by atoms with E-state index in [0.29, 0.717) is 19.4 Å². The number of rotatable bonds is 52. The van der Waals surface area contributed by atoms with Crippen molar-refractivity contribution in [2.75, 3.05) is 19.8 Å². The topological polar surface area (TPSA) is 61.8 Å².